The topological polar surface area (TPSA) is 99.0 Å². The molecule has 2 atom stereocenters. The van der Waals surface area contributed by atoms with E-state index in [0.717, 1.165) is 11.6 Å². The first kappa shape index (κ1) is 18.9. The molecule has 4 N–H and O–H groups in total. The molecule has 2 rings (SSSR count). The van der Waals surface area contributed by atoms with Crippen molar-refractivity contribution < 1.29 is 29.2 Å². The first-order valence-corrected chi connectivity index (χ1v) is 7.71. The zero-order valence-electron chi connectivity index (χ0n) is 13.4. The Bertz CT molecular complexity index is 695. The lowest BCUT2D eigenvalue weighted by molar-refractivity contribution is 0.0164. The van der Waals surface area contributed by atoms with Gasteiger partial charge < -0.3 is 25.4 Å². The molecule has 6 nitrogen and oxygen atoms in total. The highest BCUT2D eigenvalue weighted by molar-refractivity contribution is 5.67. The number of halogens is 1. The quantitative estimate of drug-likeness (QED) is 0.609. The highest BCUT2D eigenvalue weighted by Crippen LogP contribution is 2.21. The number of hydrogen-bond acceptors (Lipinski definition) is 5. The van der Waals surface area contributed by atoms with Gasteiger partial charge in [0, 0.05) is 12.1 Å². The van der Waals surface area contributed by atoms with Crippen molar-refractivity contribution in [3.63, 3.8) is 0 Å². The highest BCUT2D eigenvalue weighted by atomic mass is 19.1. The number of aliphatic hydroxyl groups excluding tert-OH is 3. The number of nitrogens with one attached hydrogen (secondary N) is 1. The van der Waals surface area contributed by atoms with Crippen LogP contribution in [0, 0.1) is 5.82 Å². The van der Waals surface area contributed by atoms with Gasteiger partial charge in [-0.3, -0.25) is 0 Å². The Hall–Kier alpha value is -2.48. The molecule has 0 saturated heterocycles. The lowest BCUT2D eigenvalue weighted by Crippen LogP contribution is -2.36. The van der Waals surface area contributed by atoms with Gasteiger partial charge in [0.1, 0.15) is 24.6 Å². The van der Waals surface area contributed by atoms with E-state index >= 15 is 0 Å². The number of aliphatic hydroxyl groups is 3. The molecule has 0 aliphatic heterocycles. The first-order chi connectivity index (χ1) is 12.0. The van der Waals surface area contributed by atoms with Crippen LogP contribution in [-0.2, 0) is 18.0 Å². The minimum absolute atomic E-state index is 0.0720. The van der Waals surface area contributed by atoms with Crippen LogP contribution in [0.1, 0.15) is 22.8 Å². The van der Waals surface area contributed by atoms with Crippen molar-refractivity contribution in [1.29, 1.82) is 0 Å². The molecule has 0 fully saturated rings. The first-order valence-electron chi connectivity index (χ1n) is 7.71. The number of amides is 1. The Kier molecular flexibility index (Phi) is 6.88. The molecule has 0 radical (unpaired) electrons. The van der Waals surface area contributed by atoms with E-state index in [0.29, 0.717) is 5.56 Å². The second-order valence-corrected chi connectivity index (χ2v) is 5.47. The smallest absolute Gasteiger partial charge is 0.407 e. The van der Waals surface area contributed by atoms with E-state index in [4.69, 9.17) is 9.84 Å². The fourth-order valence-corrected chi connectivity index (χ4v) is 2.19. The van der Waals surface area contributed by atoms with Gasteiger partial charge >= 0.3 is 6.09 Å². The standard InChI is InChI=1S/C18H20FNO5/c19-15-8-13(10-21)6-7-14(15)17(23)16(22)9-20-18(24)25-11-12-4-2-1-3-5-12/h1-8,16-17,21-23H,9-11H2,(H,20,24). The van der Waals surface area contributed by atoms with E-state index in [-0.39, 0.29) is 25.3 Å². The molecule has 0 heterocycles. The van der Waals surface area contributed by atoms with Crippen molar-refractivity contribution in [2.24, 2.45) is 0 Å². The molecular weight excluding hydrogens is 329 g/mol. The summed E-state index contributed by atoms with van der Waals surface area (Å²) in [6.45, 7) is -0.566. The van der Waals surface area contributed by atoms with Crippen molar-refractivity contribution in [2.75, 3.05) is 6.54 Å². The second kappa shape index (κ2) is 9.12. The maximum Gasteiger partial charge on any atom is 0.407 e. The fourth-order valence-electron chi connectivity index (χ4n) is 2.19. The van der Waals surface area contributed by atoms with Crippen LogP contribution in [0.4, 0.5) is 9.18 Å². The zero-order chi connectivity index (χ0) is 18.2. The van der Waals surface area contributed by atoms with Crippen LogP contribution in [0.5, 0.6) is 0 Å². The molecule has 2 aromatic rings. The van der Waals surface area contributed by atoms with Crippen LogP contribution in [0.3, 0.4) is 0 Å². The normalized spacial score (nSPS) is 13.1. The SMILES string of the molecule is O=C(NCC(O)C(O)c1ccc(CO)cc1F)OCc1ccccc1. The molecule has 25 heavy (non-hydrogen) atoms. The molecule has 0 aliphatic carbocycles. The minimum Gasteiger partial charge on any atom is -0.445 e. The van der Waals surface area contributed by atoms with Crippen LogP contribution in [0.2, 0.25) is 0 Å². The van der Waals surface area contributed by atoms with Crippen molar-refractivity contribution in [3.8, 4) is 0 Å². The van der Waals surface area contributed by atoms with E-state index in [2.05, 4.69) is 5.32 Å². The van der Waals surface area contributed by atoms with Gasteiger partial charge in [-0.05, 0) is 17.2 Å². The summed E-state index contributed by atoms with van der Waals surface area (Å²) in [5.41, 5.74) is 1.04. The van der Waals surface area contributed by atoms with Gasteiger partial charge in [-0.15, -0.1) is 0 Å². The van der Waals surface area contributed by atoms with Gasteiger partial charge in [-0.25, -0.2) is 9.18 Å². The van der Waals surface area contributed by atoms with Crippen LogP contribution in [-0.4, -0.2) is 34.1 Å². The van der Waals surface area contributed by atoms with E-state index in [1.54, 1.807) is 12.1 Å². The summed E-state index contributed by atoms with van der Waals surface area (Å²) < 4.78 is 18.8. The summed E-state index contributed by atoms with van der Waals surface area (Å²) in [6.07, 6.45) is -3.70. The maximum atomic E-state index is 13.9. The zero-order valence-corrected chi connectivity index (χ0v) is 13.4. The average Bonchev–Trinajstić information content (AvgIpc) is 2.64. The molecule has 1 amide bonds. The van der Waals surface area contributed by atoms with E-state index in [1.165, 1.54) is 12.1 Å². The third kappa shape index (κ3) is 5.53. The van der Waals surface area contributed by atoms with Crippen molar-refractivity contribution in [3.05, 3.63) is 71.0 Å². The lowest BCUT2D eigenvalue weighted by atomic mass is 10.0. The molecule has 0 aromatic heterocycles. The summed E-state index contributed by atoms with van der Waals surface area (Å²) in [5, 5.41) is 31.2. The van der Waals surface area contributed by atoms with E-state index in [1.807, 2.05) is 18.2 Å². The van der Waals surface area contributed by atoms with Gasteiger partial charge in [0.05, 0.1) is 6.61 Å². The van der Waals surface area contributed by atoms with E-state index < -0.39 is 24.1 Å². The second-order valence-electron chi connectivity index (χ2n) is 5.47. The number of benzene rings is 2. The Labute approximate surface area is 144 Å². The van der Waals surface area contributed by atoms with Crippen LogP contribution in [0.25, 0.3) is 0 Å². The predicted molar refractivity (Wildman–Crippen MR) is 87.9 cm³/mol. The molecule has 2 unspecified atom stereocenters. The third-order valence-corrected chi connectivity index (χ3v) is 3.60. The molecule has 0 bridgehead atoms. The summed E-state index contributed by atoms with van der Waals surface area (Å²) in [5.74, 6) is -0.746. The largest absolute Gasteiger partial charge is 0.445 e. The Morgan fingerprint density at radius 1 is 1.12 bits per heavy atom. The Balaban J connectivity index is 1.82. The van der Waals surface area contributed by atoms with E-state index in [9.17, 15) is 19.4 Å². The average molecular weight is 349 g/mol. The predicted octanol–water partition coefficient (Wildman–Crippen LogP) is 1.64. The summed E-state index contributed by atoms with van der Waals surface area (Å²) in [6, 6.07) is 12.9. The van der Waals surface area contributed by atoms with Crippen LogP contribution in [0.15, 0.2) is 48.5 Å². The summed E-state index contributed by atoms with van der Waals surface area (Å²) >= 11 is 0. The number of carbonyl (C=O) groups is 1. The third-order valence-electron chi connectivity index (χ3n) is 3.60. The number of ether oxygens (including phenoxy) is 1. The Morgan fingerprint density at radius 3 is 2.48 bits per heavy atom. The molecule has 0 spiro atoms. The van der Waals surface area contributed by atoms with Gasteiger partial charge in [0.2, 0.25) is 0 Å². The number of alkyl carbamates (subject to hydrolysis) is 1. The van der Waals surface area contributed by atoms with Crippen molar-refractivity contribution in [2.45, 2.75) is 25.4 Å². The van der Waals surface area contributed by atoms with Crippen molar-refractivity contribution in [1.82, 2.24) is 5.32 Å². The summed E-state index contributed by atoms with van der Waals surface area (Å²) in [4.78, 5) is 11.6. The monoisotopic (exact) mass is 349 g/mol. The molecule has 2 aromatic carbocycles. The Morgan fingerprint density at radius 2 is 1.84 bits per heavy atom. The minimum atomic E-state index is -1.53. The number of rotatable bonds is 7. The maximum absolute atomic E-state index is 13.9. The molecular formula is C18H20FNO5. The van der Waals surface area contributed by atoms with Crippen LogP contribution >= 0.6 is 0 Å². The molecule has 7 heteroatoms. The van der Waals surface area contributed by atoms with Gasteiger partial charge in [0.25, 0.3) is 0 Å². The van der Waals surface area contributed by atoms with Crippen molar-refractivity contribution >= 4 is 6.09 Å². The van der Waals surface area contributed by atoms with Crippen LogP contribution < -0.4 is 5.32 Å². The fraction of sp³-hybridized carbons (Fsp3) is 0.278. The molecule has 0 aliphatic rings. The number of hydrogen-bond donors (Lipinski definition) is 4. The van der Waals surface area contributed by atoms with Gasteiger partial charge in [0.15, 0.2) is 0 Å². The molecule has 0 saturated carbocycles. The molecule has 134 valence electrons. The number of carbonyl (C=O) groups excluding carboxylic acids is 1. The summed E-state index contributed by atoms with van der Waals surface area (Å²) in [7, 11) is 0. The lowest BCUT2D eigenvalue weighted by Gasteiger charge is -2.19. The highest BCUT2D eigenvalue weighted by Gasteiger charge is 2.22. The van der Waals surface area contributed by atoms with Gasteiger partial charge in [-0.2, -0.15) is 0 Å². The van der Waals surface area contributed by atoms with Gasteiger partial charge in [-0.1, -0.05) is 42.5 Å².